The van der Waals surface area contributed by atoms with Crippen molar-refractivity contribution in [2.75, 3.05) is 17.7 Å². The van der Waals surface area contributed by atoms with Gasteiger partial charge in [-0.3, -0.25) is 9.78 Å². The zero-order chi connectivity index (χ0) is 14.1. The fourth-order valence-corrected chi connectivity index (χ4v) is 2.71. The van der Waals surface area contributed by atoms with Crippen molar-refractivity contribution in [2.45, 2.75) is 0 Å². The molecule has 6 heteroatoms. The minimum atomic E-state index is -0.0909. The Morgan fingerprint density at radius 2 is 2.20 bits per heavy atom. The topological polar surface area (TPSA) is 72.1 Å². The quantitative estimate of drug-likeness (QED) is 0.785. The van der Waals surface area contributed by atoms with Crippen LogP contribution in [0, 0.1) is 0 Å². The van der Waals surface area contributed by atoms with E-state index in [4.69, 9.17) is 5.73 Å². The molecule has 5 nitrogen and oxygen atoms in total. The van der Waals surface area contributed by atoms with Crippen LogP contribution in [0.4, 0.5) is 10.8 Å². The van der Waals surface area contributed by atoms with E-state index in [2.05, 4.69) is 9.97 Å². The number of pyridine rings is 1. The van der Waals surface area contributed by atoms with Gasteiger partial charge in [-0.25, -0.2) is 4.98 Å². The standard InChI is InChI=1S/C14H12N4OS/c1-18(10-3-2-6-16-8-10)13(19)9-4-5-11-12(7-9)20-14(15)17-11/h2-8H,1H3,(H2,15,17). The van der Waals surface area contributed by atoms with Crippen molar-refractivity contribution in [3.8, 4) is 0 Å². The predicted octanol–water partition coefficient (Wildman–Crippen LogP) is 2.55. The molecule has 0 unspecified atom stereocenters. The van der Waals surface area contributed by atoms with Gasteiger partial charge in [0.05, 0.1) is 22.1 Å². The van der Waals surface area contributed by atoms with Crippen molar-refractivity contribution in [1.82, 2.24) is 9.97 Å². The van der Waals surface area contributed by atoms with Crippen LogP contribution in [0.5, 0.6) is 0 Å². The van der Waals surface area contributed by atoms with Crippen molar-refractivity contribution in [3.63, 3.8) is 0 Å². The Labute approximate surface area is 119 Å². The predicted molar refractivity (Wildman–Crippen MR) is 81.0 cm³/mol. The van der Waals surface area contributed by atoms with Crippen LogP contribution in [0.15, 0.2) is 42.7 Å². The first-order valence-corrected chi connectivity index (χ1v) is 6.81. The highest BCUT2D eigenvalue weighted by atomic mass is 32.1. The Morgan fingerprint density at radius 1 is 1.35 bits per heavy atom. The maximum absolute atomic E-state index is 12.4. The average molecular weight is 284 g/mol. The maximum atomic E-state index is 12.4. The number of thiazole rings is 1. The van der Waals surface area contributed by atoms with Gasteiger partial charge < -0.3 is 10.6 Å². The summed E-state index contributed by atoms with van der Waals surface area (Å²) in [6.45, 7) is 0. The summed E-state index contributed by atoms with van der Waals surface area (Å²) in [6.07, 6.45) is 3.33. The van der Waals surface area contributed by atoms with Gasteiger partial charge in [-0.2, -0.15) is 0 Å². The van der Waals surface area contributed by atoms with E-state index in [0.717, 1.165) is 15.9 Å². The molecule has 0 radical (unpaired) electrons. The number of hydrogen-bond donors (Lipinski definition) is 1. The summed E-state index contributed by atoms with van der Waals surface area (Å²) in [5, 5.41) is 0.505. The largest absolute Gasteiger partial charge is 0.375 e. The SMILES string of the molecule is CN(C(=O)c1ccc2nc(N)sc2c1)c1cccnc1. The fourth-order valence-electron chi connectivity index (χ4n) is 1.94. The number of carbonyl (C=O) groups excluding carboxylic acids is 1. The molecule has 0 bridgehead atoms. The number of aromatic nitrogens is 2. The van der Waals surface area contributed by atoms with Gasteiger partial charge in [-0.1, -0.05) is 11.3 Å². The van der Waals surface area contributed by atoms with E-state index in [1.54, 1.807) is 36.5 Å². The van der Waals surface area contributed by atoms with Gasteiger partial charge in [0, 0.05) is 18.8 Å². The molecular weight excluding hydrogens is 272 g/mol. The van der Waals surface area contributed by atoms with Crippen LogP contribution in [-0.2, 0) is 0 Å². The number of benzene rings is 1. The van der Waals surface area contributed by atoms with Crippen LogP contribution in [0.2, 0.25) is 0 Å². The lowest BCUT2D eigenvalue weighted by Crippen LogP contribution is -2.26. The van der Waals surface area contributed by atoms with E-state index in [1.807, 2.05) is 18.2 Å². The highest BCUT2D eigenvalue weighted by molar-refractivity contribution is 7.22. The summed E-state index contributed by atoms with van der Waals surface area (Å²) >= 11 is 1.37. The van der Waals surface area contributed by atoms with E-state index < -0.39 is 0 Å². The number of fused-ring (bicyclic) bond motifs is 1. The molecule has 2 heterocycles. The first kappa shape index (κ1) is 12.6. The Hall–Kier alpha value is -2.47. The van der Waals surface area contributed by atoms with Crippen LogP contribution < -0.4 is 10.6 Å². The summed E-state index contributed by atoms with van der Waals surface area (Å²) < 4.78 is 0.910. The lowest BCUT2D eigenvalue weighted by molar-refractivity contribution is 0.0993. The number of rotatable bonds is 2. The smallest absolute Gasteiger partial charge is 0.258 e. The molecule has 1 aromatic carbocycles. The number of carbonyl (C=O) groups is 1. The number of nitrogens with zero attached hydrogens (tertiary/aromatic N) is 3. The number of amides is 1. The van der Waals surface area contributed by atoms with Crippen molar-refractivity contribution < 1.29 is 4.79 Å². The van der Waals surface area contributed by atoms with Gasteiger partial charge in [0.25, 0.3) is 5.91 Å². The Kier molecular flexibility index (Phi) is 3.08. The molecule has 0 aliphatic rings. The lowest BCUT2D eigenvalue weighted by Gasteiger charge is -2.16. The van der Waals surface area contributed by atoms with Crippen LogP contribution in [0.1, 0.15) is 10.4 Å². The van der Waals surface area contributed by atoms with Crippen molar-refractivity contribution in [3.05, 3.63) is 48.3 Å². The molecule has 0 fully saturated rings. The van der Waals surface area contributed by atoms with Gasteiger partial charge in [0.1, 0.15) is 0 Å². The zero-order valence-electron chi connectivity index (χ0n) is 10.8. The molecule has 1 amide bonds. The number of anilines is 2. The molecule has 0 aliphatic carbocycles. The maximum Gasteiger partial charge on any atom is 0.258 e. The second-order valence-electron chi connectivity index (χ2n) is 4.31. The fraction of sp³-hybridized carbons (Fsp3) is 0.0714. The van der Waals surface area contributed by atoms with E-state index in [0.29, 0.717) is 10.7 Å². The van der Waals surface area contributed by atoms with Gasteiger partial charge in [0.15, 0.2) is 5.13 Å². The first-order valence-electron chi connectivity index (χ1n) is 5.99. The molecule has 0 saturated carbocycles. The number of hydrogen-bond acceptors (Lipinski definition) is 5. The van der Waals surface area contributed by atoms with Crippen molar-refractivity contribution >= 4 is 38.3 Å². The normalized spacial score (nSPS) is 10.7. The van der Waals surface area contributed by atoms with Gasteiger partial charge in [-0.05, 0) is 30.3 Å². The van der Waals surface area contributed by atoms with Gasteiger partial charge in [0.2, 0.25) is 0 Å². The van der Waals surface area contributed by atoms with Gasteiger partial charge >= 0.3 is 0 Å². The summed E-state index contributed by atoms with van der Waals surface area (Å²) in [5.41, 5.74) is 7.84. The number of nitrogen functional groups attached to an aromatic ring is 1. The summed E-state index contributed by atoms with van der Waals surface area (Å²) in [5.74, 6) is -0.0909. The van der Waals surface area contributed by atoms with Crippen LogP contribution in [0.25, 0.3) is 10.2 Å². The average Bonchev–Trinajstić information content (AvgIpc) is 2.85. The molecule has 3 rings (SSSR count). The third-order valence-electron chi connectivity index (χ3n) is 2.99. The Balaban J connectivity index is 1.95. The van der Waals surface area contributed by atoms with Crippen molar-refractivity contribution in [2.24, 2.45) is 0 Å². The molecule has 2 aromatic heterocycles. The molecule has 3 aromatic rings. The van der Waals surface area contributed by atoms with Crippen LogP contribution >= 0.6 is 11.3 Å². The van der Waals surface area contributed by atoms with E-state index >= 15 is 0 Å². The second kappa shape index (κ2) is 4.90. The molecule has 0 spiro atoms. The third-order valence-corrected chi connectivity index (χ3v) is 3.84. The monoisotopic (exact) mass is 284 g/mol. The molecule has 20 heavy (non-hydrogen) atoms. The highest BCUT2D eigenvalue weighted by Gasteiger charge is 2.14. The molecule has 0 aliphatic heterocycles. The zero-order valence-corrected chi connectivity index (χ0v) is 11.6. The van der Waals surface area contributed by atoms with Crippen molar-refractivity contribution in [1.29, 1.82) is 0 Å². The molecule has 2 N–H and O–H groups in total. The van der Waals surface area contributed by atoms with E-state index in [9.17, 15) is 4.79 Å². The molecule has 0 saturated heterocycles. The van der Waals surface area contributed by atoms with E-state index in [1.165, 1.54) is 11.3 Å². The lowest BCUT2D eigenvalue weighted by atomic mass is 10.2. The molecule has 0 atom stereocenters. The first-order chi connectivity index (χ1) is 9.65. The summed E-state index contributed by atoms with van der Waals surface area (Å²) in [4.78, 5) is 22.2. The second-order valence-corrected chi connectivity index (χ2v) is 5.37. The number of nitrogens with two attached hydrogens (primary N) is 1. The minimum Gasteiger partial charge on any atom is -0.375 e. The molecular formula is C14H12N4OS. The third kappa shape index (κ3) is 2.21. The van der Waals surface area contributed by atoms with Crippen LogP contribution in [-0.4, -0.2) is 22.9 Å². The summed E-state index contributed by atoms with van der Waals surface area (Å²) in [6, 6.07) is 9.03. The van der Waals surface area contributed by atoms with Crippen LogP contribution in [0.3, 0.4) is 0 Å². The Morgan fingerprint density at radius 3 is 2.95 bits per heavy atom. The summed E-state index contributed by atoms with van der Waals surface area (Å²) in [7, 11) is 1.73. The highest BCUT2D eigenvalue weighted by Crippen LogP contribution is 2.25. The van der Waals surface area contributed by atoms with E-state index in [-0.39, 0.29) is 5.91 Å². The minimum absolute atomic E-state index is 0.0909. The Bertz CT molecular complexity index is 769. The van der Waals surface area contributed by atoms with Gasteiger partial charge in [-0.15, -0.1) is 0 Å². The molecule has 100 valence electrons.